The fraction of sp³-hybridized carbons (Fsp3) is 0.900. The van der Waals surface area contributed by atoms with Gasteiger partial charge in [0.05, 0.1) is 24.9 Å². The van der Waals surface area contributed by atoms with Gasteiger partial charge in [0.1, 0.15) is 0 Å². The van der Waals surface area contributed by atoms with Crippen molar-refractivity contribution < 1.29 is 23.5 Å². The van der Waals surface area contributed by atoms with Crippen molar-refractivity contribution >= 4 is 13.6 Å². The van der Waals surface area contributed by atoms with E-state index in [1.165, 1.54) is 0 Å². The molecule has 0 saturated heterocycles. The molecule has 0 aromatic heterocycles. The molecule has 0 amide bonds. The van der Waals surface area contributed by atoms with Crippen LogP contribution in [0.1, 0.15) is 27.7 Å². The summed E-state index contributed by atoms with van der Waals surface area (Å²) in [4.78, 5) is 10.3. The fourth-order valence-electron chi connectivity index (χ4n) is 1.18. The van der Waals surface area contributed by atoms with Crippen LogP contribution in [0.4, 0.5) is 0 Å². The van der Waals surface area contributed by atoms with Gasteiger partial charge in [-0.25, -0.2) is 0 Å². The highest BCUT2D eigenvalue weighted by molar-refractivity contribution is 7.53. The number of carboxylic acids is 1. The lowest BCUT2D eigenvalue weighted by atomic mass is 10.5. The van der Waals surface area contributed by atoms with Gasteiger partial charge in [-0.15, -0.1) is 0 Å². The van der Waals surface area contributed by atoms with Crippen LogP contribution < -0.4 is 5.32 Å². The van der Waals surface area contributed by atoms with Gasteiger partial charge in [-0.2, -0.15) is 0 Å². The van der Waals surface area contributed by atoms with Gasteiger partial charge in [0.15, 0.2) is 0 Å². The number of carboxylic acid groups (broad SMARTS) is 1. The summed E-state index contributed by atoms with van der Waals surface area (Å²) in [6, 6.07) is 0. The lowest BCUT2D eigenvalue weighted by Crippen LogP contribution is -2.26. The van der Waals surface area contributed by atoms with E-state index in [2.05, 4.69) is 5.32 Å². The number of nitrogens with one attached hydrogen (secondary N) is 1. The molecule has 0 aliphatic heterocycles. The summed E-state index contributed by atoms with van der Waals surface area (Å²) in [6.45, 7) is 7.23. The van der Waals surface area contributed by atoms with Gasteiger partial charge in [0, 0.05) is 6.54 Å². The van der Waals surface area contributed by atoms with Crippen molar-refractivity contribution in [3.8, 4) is 0 Å². The molecule has 0 fully saturated rings. The minimum absolute atomic E-state index is 0.163. The number of carbonyl (C=O) groups is 1. The largest absolute Gasteiger partial charge is 0.480 e. The molecule has 0 bridgehead atoms. The molecule has 0 saturated carbocycles. The summed E-state index contributed by atoms with van der Waals surface area (Å²) in [5, 5.41) is 11.1. The topological polar surface area (TPSA) is 84.9 Å². The highest BCUT2D eigenvalue weighted by Crippen LogP contribution is 2.49. The second kappa shape index (κ2) is 7.82. The second-order valence-electron chi connectivity index (χ2n) is 4.21. The molecule has 0 atom stereocenters. The Labute approximate surface area is 102 Å². The molecule has 17 heavy (non-hydrogen) atoms. The highest BCUT2D eigenvalue weighted by atomic mass is 31.2. The van der Waals surface area contributed by atoms with E-state index in [9.17, 15) is 9.36 Å². The summed E-state index contributed by atoms with van der Waals surface area (Å²) in [5.74, 6) is -0.950. The van der Waals surface area contributed by atoms with Gasteiger partial charge in [-0.3, -0.25) is 9.36 Å². The Bertz CT molecular complexity index is 266. The van der Waals surface area contributed by atoms with Crippen molar-refractivity contribution in [1.82, 2.24) is 5.32 Å². The average molecular weight is 267 g/mol. The first-order valence-electron chi connectivity index (χ1n) is 5.63. The lowest BCUT2D eigenvalue weighted by molar-refractivity contribution is -0.135. The van der Waals surface area contributed by atoms with Gasteiger partial charge < -0.3 is 19.5 Å². The van der Waals surface area contributed by atoms with E-state index in [4.69, 9.17) is 14.2 Å². The van der Waals surface area contributed by atoms with Crippen LogP contribution in [0.15, 0.2) is 0 Å². The zero-order valence-corrected chi connectivity index (χ0v) is 11.7. The molecule has 0 aromatic rings. The molecule has 0 radical (unpaired) electrons. The molecule has 2 N–H and O–H groups in total. The standard InChI is InChI=1S/C10H22NO5P/c1-8(2)15-17(14,16-9(3)4)6-5-11-7-10(12)13/h8-9,11H,5-7H2,1-4H3,(H,12,13). The molecule has 6 nitrogen and oxygen atoms in total. The first kappa shape index (κ1) is 16.6. The Morgan fingerprint density at radius 2 is 1.71 bits per heavy atom. The van der Waals surface area contributed by atoms with E-state index >= 15 is 0 Å². The molecule has 0 spiro atoms. The van der Waals surface area contributed by atoms with Crippen LogP contribution in [0, 0.1) is 0 Å². The Morgan fingerprint density at radius 1 is 1.24 bits per heavy atom. The number of hydrogen-bond donors (Lipinski definition) is 2. The van der Waals surface area contributed by atoms with Gasteiger partial charge >= 0.3 is 13.6 Å². The van der Waals surface area contributed by atoms with E-state index in [0.29, 0.717) is 0 Å². The zero-order chi connectivity index (χ0) is 13.5. The first-order chi connectivity index (χ1) is 7.75. The van der Waals surface area contributed by atoms with E-state index in [0.717, 1.165) is 0 Å². The molecule has 102 valence electrons. The van der Waals surface area contributed by atoms with Gasteiger partial charge in [0.25, 0.3) is 0 Å². The number of hydrogen-bond acceptors (Lipinski definition) is 5. The van der Waals surface area contributed by atoms with Gasteiger partial charge in [-0.05, 0) is 27.7 Å². The van der Waals surface area contributed by atoms with Crippen molar-refractivity contribution in [3.63, 3.8) is 0 Å². The predicted molar refractivity (Wildman–Crippen MR) is 65.4 cm³/mol. The first-order valence-corrected chi connectivity index (χ1v) is 7.36. The summed E-state index contributed by atoms with van der Waals surface area (Å²) in [7, 11) is -3.15. The zero-order valence-electron chi connectivity index (χ0n) is 10.8. The summed E-state index contributed by atoms with van der Waals surface area (Å²) in [5.41, 5.74) is 0. The highest BCUT2D eigenvalue weighted by Gasteiger charge is 2.26. The molecular formula is C10H22NO5P. The second-order valence-corrected chi connectivity index (χ2v) is 6.30. The smallest absolute Gasteiger partial charge is 0.332 e. The normalized spacial score (nSPS) is 12.4. The van der Waals surface area contributed by atoms with Gasteiger partial charge in [-0.1, -0.05) is 0 Å². The quantitative estimate of drug-likeness (QED) is 0.488. The molecule has 0 aromatic carbocycles. The third kappa shape index (κ3) is 9.30. The monoisotopic (exact) mass is 267 g/mol. The van der Waals surface area contributed by atoms with Crippen molar-refractivity contribution in [1.29, 1.82) is 0 Å². The average Bonchev–Trinajstić information content (AvgIpc) is 2.09. The summed E-state index contributed by atoms with van der Waals surface area (Å²) >= 11 is 0. The van der Waals surface area contributed by atoms with Crippen LogP contribution in [0.3, 0.4) is 0 Å². The SMILES string of the molecule is CC(C)OP(=O)(CCNCC(=O)O)OC(C)C. The van der Waals surface area contributed by atoms with Crippen molar-refractivity contribution in [2.24, 2.45) is 0 Å². The summed E-state index contributed by atoms with van der Waals surface area (Å²) in [6.07, 6.45) is -0.227. The molecular weight excluding hydrogens is 245 g/mol. The van der Waals surface area contributed by atoms with Crippen LogP contribution in [0.5, 0.6) is 0 Å². The Hall–Kier alpha value is -0.420. The van der Waals surface area contributed by atoms with Crippen LogP contribution >= 0.6 is 7.60 Å². The maximum absolute atomic E-state index is 12.2. The minimum atomic E-state index is -3.15. The number of rotatable bonds is 9. The van der Waals surface area contributed by atoms with E-state index in [1.807, 2.05) is 0 Å². The Balaban J connectivity index is 4.19. The maximum atomic E-state index is 12.2. The maximum Gasteiger partial charge on any atom is 0.332 e. The molecule has 0 unspecified atom stereocenters. The fourth-order valence-corrected chi connectivity index (χ4v) is 3.16. The molecule has 0 rings (SSSR count). The minimum Gasteiger partial charge on any atom is -0.480 e. The third-order valence-electron chi connectivity index (χ3n) is 1.58. The van der Waals surface area contributed by atoms with Crippen molar-refractivity contribution in [2.75, 3.05) is 19.3 Å². The van der Waals surface area contributed by atoms with Crippen LogP contribution in [-0.4, -0.2) is 42.5 Å². The number of aliphatic carboxylic acids is 1. The van der Waals surface area contributed by atoms with Crippen LogP contribution in [0.2, 0.25) is 0 Å². The van der Waals surface area contributed by atoms with E-state index < -0.39 is 13.6 Å². The van der Waals surface area contributed by atoms with E-state index in [-0.39, 0.29) is 31.5 Å². The lowest BCUT2D eigenvalue weighted by Gasteiger charge is -2.22. The van der Waals surface area contributed by atoms with Crippen LogP contribution in [-0.2, 0) is 18.4 Å². The Morgan fingerprint density at radius 3 is 2.06 bits per heavy atom. The predicted octanol–water partition coefficient (Wildman–Crippen LogP) is 1.70. The molecule has 0 aliphatic rings. The van der Waals surface area contributed by atoms with Crippen LogP contribution in [0.25, 0.3) is 0 Å². The molecule has 0 aliphatic carbocycles. The Kier molecular flexibility index (Phi) is 7.63. The summed E-state index contributed by atoms with van der Waals surface area (Å²) < 4.78 is 22.8. The molecule has 7 heteroatoms. The van der Waals surface area contributed by atoms with Crippen molar-refractivity contribution in [2.45, 2.75) is 39.9 Å². The van der Waals surface area contributed by atoms with Crippen molar-refractivity contribution in [3.05, 3.63) is 0 Å². The molecule has 0 heterocycles. The third-order valence-corrected chi connectivity index (χ3v) is 3.84. The van der Waals surface area contributed by atoms with E-state index in [1.54, 1.807) is 27.7 Å². The van der Waals surface area contributed by atoms with Gasteiger partial charge in [0.2, 0.25) is 0 Å².